The summed E-state index contributed by atoms with van der Waals surface area (Å²) in [5.41, 5.74) is -2.34. The van der Waals surface area contributed by atoms with Gasteiger partial charge in [0.05, 0.1) is 12.6 Å². The Hall–Kier alpha value is -0.840. The van der Waals surface area contributed by atoms with E-state index in [0.717, 1.165) is 0 Å². The van der Waals surface area contributed by atoms with Gasteiger partial charge in [0.15, 0.2) is 5.67 Å². The van der Waals surface area contributed by atoms with Crippen molar-refractivity contribution in [3.63, 3.8) is 0 Å². The molecule has 1 N–H and O–H groups in total. The number of aliphatic hydroxyl groups is 1. The van der Waals surface area contributed by atoms with Gasteiger partial charge in [0.25, 0.3) is 0 Å². The molecule has 0 aromatic carbocycles. The first-order valence-electron chi connectivity index (χ1n) is 5.47. The number of piperidine rings is 1. The highest BCUT2D eigenvalue weighted by molar-refractivity contribution is 5.68. The number of carbonyl (C=O) groups is 1. The quantitative estimate of drug-likeness (QED) is 0.693. The minimum absolute atomic E-state index is 0.122. The maximum absolute atomic E-state index is 13.8. The summed E-state index contributed by atoms with van der Waals surface area (Å²) in [5, 5.41) is 9.42. The van der Waals surface area contributed by atoms with Gasteiger partial charge in [0.1, 0.15) is 5.60 Å². The summed E-state index contributed by atoms with van der Waals surface area (Å²) in [5.74, 6) is 0. The van der Waals surface area contributed by atoms with Crippen LogP contribution in [0, 0.1) is 0 Å². The molecule has 0 unspecified atom stereocenters. The first-order valence-corrected chi connectivity index (χ1v) is 5.47. The van der Waals surface area contributed by atoms with E-state index in [1.165, 1.54) is 11.8 Å². The van der Waals surface area contributed by atoms with Crippen LogP contribution in [-0.2, 0) is 4.74 Å². The van der Waals surface area contributed by atoms with Crippen LogP contribution in [0.3, 0.4) is 0 Å². The molecule has 16 heavy (non-hydrogen) atoms. The molecule has 0 spiro atoms. The third-order valence-electron chi connectivity index (χ3n) is 2.52. The molecular weight excluding hydrogens is 213 g/mol. The lowest BCUT2D eigenvalue weighted by Crippen LogP contribution is -2.54. The van der Waals surface area contributed by atoms with Crippen molar-refractivity contribution in [1.82, 2.24) is 4.90 Å². The number of amides is 1. The van der Waals surface area contributed by atoms with Gasteiger partial charge in [0, 0.05) is 6.54 Å². The zero-order valence-electron chi connectivity index (χ0n) is 10.3. The highest BCUT2D eigenvalue weighted by Crippen LogP contribution is 2.26. The SMILES string of the molecule is CC(C)(C)OC(=O)N1CC[C@H](O)[C@](C)(F)C1. The van der Waals surface area contributed by atoms with Gasteiger partial charge in [-0.15, -0.1) is 0 Å². The Morgan fingerprint density at radius 1 is 1.56 bits per heavy atom. The average molecular weight is 233 g/mol. The number of halogens is 1. The second-order valence-corrected chi connectivity index (χ2v) is 5.48. The van der Waals surface area contributed by atoms with Crippen molar-refractivity contribution >= 4 is 6.09 Å². The van der Waals surface area contributed by atoms with E-state index in [4.69, 9.17) is 4.74 Å². The second-order valence-electron chi connectivity index (χ2n) is 5.48. The molecule has 1 heterocycles. The van der Waals surface area contributed by atoms with Crippen LogP contribution in [0.25, 0.3) is 0 Å². The molecule has 1 saturated heterocycles. The number of nitrogens with zero attached hydrogens (tertiary/aromatic N) is 1. The Labute approximate surface area is 95.4 Å². The fourth-order valence-corrected chi connectivity index (χ4v) is 1.62. The largest absolute Gasteiger partial charge is 0.444 e. The Kier molecular flexibility index (Phi) is 3.47. The van der Waals surface area contributed by atoms with Crippen molar-refractivity contribution < 1.29 is 19.0 Å². The molecule has 1 aliphatic heterocycles. The summed E-state index contributed by atoms with van der Waals surface area (Å²) in [6.45, 7) is 6.79. The van der Waals surface area contributed by atoms with Gasteiger partial charge in [-0.05, 0) is 34.1 Å². The summed E-state index contributed by atoms with van der Waals surface area (Å²) in [7, 11) is 0. The van der Waals surface area contributed by atoms with E-state index in [1.807, 2.05) is 0 Å². The van der Waals surface area contributed by atoms with Gasteiger partial charge in [0.2, 0.25) is 0 Å². The van der Waals surface area contributed by atoms with E-state index in [-0.39, 0.29) is 13.0 Å². The molecule has 1 fully saturated rings. The lowest BCUT2D eigenvalue weighted by Gasteiger charge is -2.39. The van der Waals surface area contributed by atoms with Gasteiger partial charge in [-0.2, -0.15) is 0 Å². The molecule has 1 amide bonds. The number of ether oxygens (including phenoxy) is 1. The average Bonchev–Trinajstić information content (AvgIpc) is 2.06. The summed E-state index contributed by atoms with van der Waals surface area (Å²) in [4.78, 5) is 13.0. The van der Waals surface area contributed by atoms with E-state index in [0.29, 0.717) is 6.54 Å². The summed E-state index contributed by atoms with van der Waals surface area (Å²) < 4.78 is 19.0. The van der Waals surface area contributed by atoms with Crippen molar-refractivity contribution in [2.24, 2.45) is 0 Å². The molecule has 4 nitrogen and oxygen atoms in total. The molecule has 0 radical (unpaired) electrons. The normalized spacial score (nSPS) is 31.4. The van der Waals surface area contributed by atoms with Gasteiger partial charge in [-0.3, -0.25) is 0 Å². The van der Waals surface area contributed by atoms with Crippen molar-refractivity contribution in [2.75, 3.05) is 13.1 Å². The monoisotopic (exact) mass is 233 g/mol. The predicted molar refractivity (Wildman–Crippen MR) is 57.9 cm³/mol. The lowest BCUT2D eigenvalue weighted by atomic mass is 9.94. The van der Waals surface area contributed by atoms with Crippen LogP contribution in [0.1, 0.15) is 34.1 Å². The van der Waals surface area contributed by atoms with Crippen molar-refractivity contribution in [3.05, 3.63) is 0 Å². The van der Waals surface area contributed by atoms with Crippen LogP contribution in [0.4, 0.5) is 9.18 Å². The van der Waals surface area contributed by atoms with Gasteiger partial charge in [-0.25, -0.2) is 9.18 Å². The molecule has 0 aliphatic carbocycles. The molecule has 1 rings (SSSR count). The van der Waals surface area contributed by atoms with Crippen LogP contribution in [0.2, 0.25) is 0 Å². The predicted octanol–water partition coefficient (Wildman–Crippen LogP) is 1.72. The van der Waals surface area contributed by atoms with Crippen molar-refractivity contribution in [2.45, 2.75) is 51.5 Å². The molecule has 0 bridgehead atoms. The highest BCUT2D eigenvalue weighted by Gasteiger charge is 2.41. The Morgan fingerprint density at radius 2 is 2.12 bits per heavy atom. The topological polar surface area (TPSA) is 49.8 Å². The summed E-state index contributed by atoms with van der Waals surface area (Å²) in [6.07, 6.45) is -1.29. The Bertz CT molecular complexity index is 273. The number of aliphatic hydroxyl groups excluding tert-OH is 1. The van der Waals surface area contributed by atoms with Crippen LogP contribution >= 0.6 is 0 Å². The van der Waals surface area contributed by atoms with Crippen LogP contribution in [-0.4, -0.2) is 46.6 Å². The lowest BCUT2D eigenvalue weighted by molar-refractivity contribution is -0.0623. The maximum atomic E-state index is 13.8. The molecule has 0 aromatic rings. The summed E-state index contributed by atoms with van der Waals surface area (Å²) >= 11 is 0. The number of hydrogen-bond acceptors (Lipinski definition) is 3. The van der Waals surface area contributed by atoms with E-state index in [1.54, 1.807) is 20.8 Å². The number of likely N-dealkylation sites (tertiary alicyclic amines) is 1. The van der Waals surface area contributed by atoms with E-state index in [9.17, 15) is 14.3 Å². The van der Waals surface area contributed by atoms with Gasteiger partial charge < -0.3 is 14.7 Å². The third-order valence-corrected chi connectivity index (χ3v) is 2.52. The zero-order valence-corrected chi connectivity index (χ0v) is 10.3. The second kappa shape index (κ2) is 4.20. The fraction of sp³-hybridized carbons (Fsp3) is 0.909. The van der Waals surface area contributed by atoms with Gasteiger partial charge in [-0.1, -0.05) is 0 Å². The Morgan fingerprint density at radius 3 is 2.56 bits per heavy atom. The number of hydrogen-bond donors (Lipinski definition) is 1. The standard InChI is InChI=1S/C11H20FNO3/c1-10(2,3)16-9(15)13-6-5-8(14)11(4,12)7-13/h8,14H,5-7H2,1-4H3/t8-,11+/m0/s1. The highest BCUT2D eigenvalue weighted by atomic mass is 19.1. The molecule has 1 aliphatic rings. The van der Waals surface area contributed by atoms with Gasteiger partial charge >= 0.3 is 6.09 Å². The third kappa shape index (κ3) is 3.33. The minimum Gasteiger partial charge on any atom is -0.444 e. The molecule has 5 heteroatoms. The van der Waals surface area contributed by atoms with Crippen LogP contribution in [0.5, 0.6) is 0 Å². The smallest absolute Gasteiger partial charge is 0.410 e. The summed E-state index contributed by atoms with van der Waals surface area (Å²) in [6, 6.07) is 0. The van der Waals surface area contributed by atoms with E-state index in [2.05, 4.69) is 0 Å². The maximum Gasteiger partial charge on any atom is 0.410 e. The van der Waals surface area contributed by atoms with Crippen molar-refractivity contribution in [3.8, 4) is 0 Å². The minimum atomic E-state index is -1.75. The fourth-order valence-electron chi connectivity index (χ4n) is 1.62. The Balaban J connectivity index is 2.60. The molecular formula is C11H20FNO3. The van der Waals surface area contributed by atoms with Crippen LogP contribution in [0.15, 0.2) is 0 Å². The molecule has 0 saturated carbocycles. The number of rotatable bonds is 0. The number of alkyl halides is 1. The van der Waals surface area contributed by atoms with Crippen molar-refractivity contribution in [1.29, 1.82) is 0 Å². The first kappa shape index (κ1) is 13.2. The van der Waals surface area contributed by atoms with Crippen LogP contribution < -0.4 is 0 Å². The molecule has 94 valence electrons. The zero-order chi connectivity index (χ0) is 12.6. The first-order chi connectivity index (χ1) is 7.12. The molecule has 2 atom stereocenters. The molecule has 0 aromatic heterocycles. The van der Waals surface area contributed by atoms with E-state index < -0.39 is 23.5 Å². The van der Waals surface area contributed by atoms with E-state index >= 15 is 0 Å². The number of carbonyl (C=O) groups excluding carboxylic acids is 1.